The number of ether oxygens (including phenoxy) is 2. The topological polar surface area (TPSA) is 30.5 Å². The largest absolute Gasteiger partial charge is 0.347 e. The van der Waals surface area contributed by atoms with E-state index in [4.69, 9.17) is 9.47 Å². The first kappa shape index (κ1) is 8.21. The van der Waals surface area contributed by atoms with Crippen molar-refractivity contribution in [2.75, 3.05) is 6.61 Å². The smallest absolute Gasteiger partial charge is 0.171 e. The summed E-state index contributed by atoms with van der Waals surface area (Å²) in [7, 11) is 0. The van der Waals surface area contributed by atoms with Gasteiger partial charge in [0, 0.05) is 24.9 Å². The summed E-state index contributed by atoms with van der Waals surface area (Å²) in [6.07, 6.45) is 4.99. The first-order chi connectivity index (χ1) is 6.26. The first-order valence-corrected chi connectivity index (χ1v) is 5.34. The minimum absolute atomic E-state index is 0.212. The molecule has 1 N–H and O–H groups in total. The summed E-state index contributed by atoms with van der Waals surface area (Å²) in [6.45, 7) is 2.87. The number of hydrogen-bond donors (Lipinski definition) is 1. The van der Waals surface area contributed by atoms with Gasteiger partial charge in [0.25, 0.3) is 0 Å². The van der Waals surface area contributed by atoms with E-state index in [9.17, 15) is 0 Å². The highest BCUT2D eigenvalue weighted by Gasteiger charge is 2.49. The maximum absolute atomic E-state index is 5.91. The minimum atomic E-state index is -0.212. The molecule has 3 aliphatic rings. The van der Waals surface area contributed by atoms with Crippen molar-refractivity contribution in [3.8, 4) is 0 Å². The highest BCUT2D eigenvalue weighted by Crippen LogP contribution is 2.40. The second-order valence-electron chi connectivity index (χ2n) is 4.70. The maximum Gasteiger partial charge on any atom is 0.171 e. The second-order valence-corrected chi connectivity index (χ2v) is 4.70. The van der Waals surface area contributed by atoms with Gasteiger partial charge in [0.05, 0.1) is 12.7 Å². The Labute approximate surface area is 78.8 Å². The molecule has 74 valence electrons. The van der Waals surface area contributed by atoms with Crippen LogP contribution >= 0.6 is 0 Å². The summed E-state index contributed by atoms with van der Waals surface area (Å²) in [5.74, 6) is -0.212. The van der Waals surface area contributed by atoms with Gasteiger partial charge in [0.2, 0.25) is 0 Å². The standard InChI is InChI=1S/C10H17NO2/c1-7-6-12-10(13-7)4-8-2-3-9(5-10)11-8/h7-9,11H,2-6H2,1H3. The Balaban J connectivity index is 1.78. The van der Waals surface area contributed by atoms with Crippen LogP contribution in [0.2, 0.25) is 0 Å². The Morgan fingerprint density at radius 3 is 2.46 bits per heavy atom. The minimum Gasteiger partial charge on any atom is -0.347 e. The third-order valence-electron chi connectivity index (χ3n) is 3.45. The van der Waals surface area contributed by atoms with Crippen LogP contribution in [-0.2, 0) is 9.47 Å². The lowest BCUT2D eigenvalue weighted by molar-refractivity contribution is -0.190. The van der Waals surface area contributed by atoms with Gasteiger partial charge >= 0.3 is 0 Å². The first-order valence-electron chi connectivity index (χ1n) is 5.34. The molecule has 3 heteroatoms. The van der Waals surface area contributed by atoms with Gasteiger partial charge in [-0.25, -0.2) is 0 Å². The van der Waals surface area contributed by atoms with Crippen LogP contribution in [0.4, 0.5) is 0 Å². The van der Waals surface area contributed by atoms with Gasteiger partial charge in [-0.15, -0.1) is 0 Å². The van der Waals surface area contributed by atoms with Crippen molar-refractivity contribution in [3.05, 3.63) is 0 Å². The third kappa shape index (κ3) is 1.30. The lowest BCUT2D eigenvalue weighted by Gasteiger charge is -2.36. The molecule has 3 fully saturated rings. The van der Waals surface area contributed by atoms with E-state index < -0.39 is 0 Å². The molecule has 3 unspecified atom stereocenters. The molecule has 0 aliphatic carbocycles. The van der Waals surface area contributed by atoms with Crippen LogP contribution in [0.25, 0.3) is 0 Å². The molecule has 0 amide bonds. The van der Waals surface area contributed by atoms with Gasteiger partial charge < -0.3 is 14.8 Å². The molecule has 0 aromatic rings. The molecule has 3 aliphatic heterocycles. The fourth-order valence-electron chi connectivity index (χ4n) is 2.98. The summed E-state index contributed by atoms with van der Waals surface area (Å²) in [6, 6.07) is 1.29. The average Bonchev–Trinajstić information content (AvgIpc) is 2.58. The van der Waals surface area contributed by atoms with E-state index in [0.29, 0.717) is 12.1 Å². The Hall–Kier alpha value is -0.120. The van der Waals surface area contributed by atoms with Gasteiger partial charge in [-0.2, -0.15) is 0 Å². The molecule has 0 radical (unpaired) electrons. The SMILES string of the molecule is CC1COC2(CC3CCC(C2)N3)O1. The number of nitrogens with one attached hydrogen (secondary N) is 1. The number of piperidine rings is 1. The predicted octanol–water partition coefficient (Wildman–Crippen LogP) is 1.03. The van der Waals surface area contributed by atoms with E-state index >= 15 is 0 Å². The van der Waals surface area contributed by atoms with E-state index in [1.165, 1.54) is 12.8 Å². The van der Waals surface area contributed by atoms with Crippen LogP contribution in [0.3, 0.4) is 0 Å². The van der Waals surface area contributed by atoms with E-state index in [1.54, 1.807) is 0 Å². The predicted molar refractivity (Wildman–Crippen MR) is 48.4 cm³/mol. The molecule has 13 heavy (non-hydrogen) atoms. The molecule has 3 nitrogen and oxygen atoms in total. The fourth-order valence-corrected chi connectivity index (χ4v) is 2.98. The van der Waals surface area contributed by atoms with Gasteiger partial charge in [-0.3, -0.25) is 0 Å². The molecule has 2 bridgehead atoms. The Morgan fingerprint density at radius 2 is 1.92 bits per heavy atom. The Morgan fingerprint density at radius 1 is 1.23 bits per heavy atom. The van der Waals surface area contributed by atoms with Crippen LogP contribution in [-0.4, -0.2) is 30.6 Å². The summed E-state index contributed by atoms with van der Waals surface area (Å²) in [4.78, 5) is 0. The lowest BCUT2D eigenvalue weighted by atomic mass is 9.98. The summed E-state index contributed by atoms with van der Waals surface area (Å²) < 4.78 is 11.7. The van der Waals surface area contributed by atoms with Crippen molar-refractivity contribution in [2.45, 2.75) is 56.6 Å². The van der Waals surface area contributed by atoms with Crippen molar-refractivity contribution in [2.24, 2.45) is 0 Å². The quantitative estimate of drug-likeness (QED) is 0.608. The van der Waals surface area contributed by atoms with Crippen LogP contribution in [0.1, 0.15) is 32.6 Å². The zero-order valence-electron chi connectivity index (χ0n) is 8.08. The molecular formula is C10H17NO2. The Kier molecular flexibility index (Phi) is 1.70. The van der Waals surface area contributed by atoms with Crippen LogP contribution < -0.4 is 5.32 Å². The molecular weight excluding hydrogens is 166 g/mol. The van der Waals surface area contributed by atoms with Crippen molar-refractivity contribution in [1.29, 1.82) is 0 Å². The van der Waals surface area contributed by atoms with Crippen LogP contribution in [0, 0.1) is 0 Å². The number of fused-ring (bicyclic) bond motifs is 2. The number of hydrogen-bond acceptors (Lipinski definition) is 3. The van der Waals surface area contributed by atoms with Crippen molar-refractivity contribution in [3.63, 3.8) is 0 Å². The van der Waals surface area contributed by atoms with Gasteiger partial charge in [0.1, 0.15) is 0 Å². The zero-order valence-corrected chi connectivity index (χ0v) is 8.08. The molecule has 1 spiro atoms. The third-order valence-corrected chi connectivity index (χ3v) is 3.45. The molecule has 3 atom stereocenters. The van der Waals surface area contributed by atoms with Crippen molar-refractivity contribution < 1.29 is 9.47 Å². The molecule has 3 rings (SSSR count). The summed E-state index contributed by atoms with van der Waals surface area (Å²) in [5.41, 5.74) is 0. The van der Waals surface area contributed by atoms with Crippen molar-refractivity contribution in [1.82, 2.24) is 5.32 Å². The summed E-state index contributed by atoms with van der Waals surface area (Å²) >= 11 is 0. The monoisotopic (exact) mass is 183 g/mol. The fraction of sp³-hybridized carbons (Fsp3) is 1.00. The molecule has 0 aromatic carbocycles. The van der Waals surface area contributed by atoms with E-state index in [-0.39, 0.29) is 11.9 Å². The van der Waals surface area contributed by atoms with Gasteiger partial charge in [-0.05, 0) is 19.8 Å². The summed E-state index contributed by atoms with van der Waals surface area (Å²) in [5, 5.41) is 3.60. The lowest BCUT2D eigenvalue weighted by Crippen LogP contribution is -2.49. The number of rotatable bonds is 0. The highest BCUT2D eigenvalue weighted by atomic mass is 16.7. The molecule has 3 heterocycles. The van der Waals surface area contributed by atoms with Gasteiger partial charge in [-0.1, -0.05) is 0 Å². The normalized spacial score (nSPS) is 54.7. The van der Waals surface area contributed by atoms with E-state index in [0.717, 1.165) is 19.4 Å². The van der Waals surface area contributed by atoms with E-state index in [1.807, 2.05) is 0 Å². The highest BCUT2D eigenvalue weighted by molar-refractivity contribution is 4.98. The Bertz CT molecular complexity index is 207. The van der Waals surface area contributed by atoms with Crippen molar-refractivity contribution >= 4 is 0 Å². The van der Waals surface area contributed by atoms with Crippen LogP contribution in [0.15, 0.2) is 0 Å². The molecule has 0 aromatic heterocycles. The molecule has 0 saturated carbocycles. The molecule has 3 saturated heterocycles. The van der Waals surface area contributed by atoms with Crippen LogP contribution in [0.5, 0.6) is 0 Å². The van der Waals surface area contributed by atoms with Gasteiger partial charge in [0.15, 0.2) is 5.79 Å². The maximum atomic E-state index is 5.91. The van der Waals surface area contributed by atoms with E-state index in [2.05, 4.69) is 12.2 Å². The second kappa shape index (κ2) is 2.69. The average molecular weight is 183 g/mol. The zero-order chi connectivity index (χ0) is 8.89.